The van der Waals surface area contributed by atoms with Crippen LogP contribution in [0.3, 0.4) is 0 Å². The van der Waals surface area contributed by atoms with Crippen LogP contribution >= 0.6 is 0 Å². The molecule has 1 aliphatic carbocycles. The van der Waals surface area contributed by atoms with Crippen molar-refractivity contribution < 1.29 is 0 Å². The van der Waals surface area contributed by atoms with Gasteiger partial charge in [0.2, 0.25) is 5.95 Å². The molecule has 0 amide bonds. The second-order valence-corrected chi connectivity index (χ2v) is 5.93. The Morgan fingerprint density at radius 3 is 2.80 bits per heavy atom. The number of nitrogens with one attached hydrogen (secondary N) is 3. The highest BCUT2D eigenvalue weighted by Crippen LogP contribution is 2.37. The van der Waals surface area contributed by atoms with E-state index in [-0.39, 0.29) is 0 Å². The SMILES string of the molecule is CCNc1nc(NCC2(C)CCCC2)c2cn[nH]c2n1. The van der Waals surface area contributed by atoms with E-state index in [1.54, 1.807) is 6.20 Å². The van der Waals surface area contributed by atoms with E-state index < -0.39 is 0 Å². The molecule has 0 atom stereocenters. The molecule has 2 aromatic rings. The van der Waals surface area contributed by atoms with Gasteiger partial charge in [-0.1, -0.05) is 19.8 Å². The second-order valence-electron chi connectivity index (χ2n) is 5.93. The average molecular weight is 274 g/mol. The number of aromatic amines is 1. The van der Waals surface area contributed by atoms with Gasteiger partial charge < -0.3 is 10.6 Å². The molecule has 3 N–H and O–H groups in total. The maximum absolute atomic E-state index is 4.56. The number of hydrogen-bond donors (Lipinski definition) is 3. The molecule has 0 aromatic carbocycles. The van der Waals surface area contributed by atoms with E-state index in [1.807, 2.05) is 6.92 Å². The third kappa shape index (κ3) is 2.55. The van der Waals surface area contributed by atoms with E-state index in [9.17, 15) is 0 Å². The Balaban J connectivity index is 1.83. The minimum Gasteiger partial charge on any atom is -0.369 e. The van der Waals surface area contributed by atoms with Crippen molar-refractivity contribution in [1.29, 1.82) is 0 Å². The molecule has 0 saturated heterocycles. The predicted molar refractivity (Wildman–Crippen MR) is 80.9 cm³/mol. The topological polar surface area (TPSA) is 78.5 Å². The molecule has 1 fully saturated rings. The summed E-state index contributed by atoms with van der Waals surface area (Å²) in [6.07, 6.45) is 7.04. The number of aromatic nitrogens is 4. The highest BCUT2D eigenvalue weighted by atomic mass is 15.2. The molecule has 2 aromatic heterocycles. The molecule has 0 aliphatic heterocycles. The number of rotatable bonds is 5. The highest BCUT2D eigenvalue weighted by molar-refractivity contribution is 5.86. The molecule has 0 unspecified atom stereocenters. The molecule has 6 heteroatoms. The van der Waals surface area contributed by atoms with Gasteiger partial charge in [-0.15, -0.1) is 0 Å². The van der Waals surface area contributed by atoms with E-state index >= 15 is 0 Å². The van der Waals surface area contributed by atoms with Crippen LogP contribution in [0, 0.1) is 5.41 Å². The molecule has 1 aliphatic rings. The summed E-state index contributed by atoms with van der Waals surface area (Å²) >= 11 is 0. The molecule has 2 heterocycles. The number of anilines is 2. The molecular weight excluding hydrogens is 252 g/mol. The van der Waals surface area contributed by atoms with E-state index in [2.05, 4.69) is 37.7 Å². The van der Waals surface area contributed by atoms with Crippen LogP contribution in [0.25, 0.3) is 11.0 Å². The van der Waals surface area contributed by atoms with Crippen LogP contribution < -0.4 is 10.6 Å². The van der Waals surface area contributed by atoms with Crippen molar-refractivity contribution in [3.63, 3.8) is 0 Å². The molecule has 6 nitrogen and oxygen atoms in total. The van der Waals surface area contributed by atoms with Gasteiger partial charge >= 0.3 is 0 Å². The zero-order chi connectivity index (χ0) is 14.0. The smallest absolute Gasteiger partial charge is 0.226 e. The molecule has 20 heavy (non-hydrogen) atoms. The average Bonchev–Trinajstić information content (AvgIpc) is 3.06. The third-order valence-electron chi connectivity index (χ3n) is 4.14. The van der Waals surface area contributed by atoms with Crippen LogP contribution in [0.1, 0.15) is 39.5 Å². The summed E-state index contributed by atoms with van der Waals surface area (Å²) in [6, 6.07) is 0. The van der Waals surface area contributed by atoms with E-state index in [1.165, 1.54) is 25.7 Å². The minimum absolute atomic E-state index is 0.388. The fourth-order valence-electron chi connectivity index (χ4n) is 2.91. The fraction of sp³-hybridized carbons (Fsp3) is 0.643. The largest absolute Gasteiger partial charge is 0.369 e. The van der Waals surface area contributed by atoms with Gasteiger partial charge in [-0.25, -0.2) is 0 Å². The summed E-state index contributed by atoms with van der Waals surface area (Å²) < 4.78 is 0. The van der Waals surface area contributed by atoms with Crippen molar-refractivity contribution >= 4 is 22.8 Å². The van der Waals surface area contributed by atoms with Crippen LogP contribution in [-0.2, 0) is 0 Å². The Bertz CT molecular complexity index is 584. The Morgan fingerprint density at radius 2 is 2.05 bits per heavy atom. The third-order valence-corrected chi connectivity index (χ3v) is 4.14. The Morgan fingerprint density at radius 1 is 1.25 bits per heavy atom. The van der Waals surface area contributed by atoms with Crippen LogP contribution in [0.2, 0.25) is 0 Å². The standard InChI is InChI=1S/C14H22N6/c1-3-15-13-18-11(10-8-17-20-12(10)19-13)16-9-14(2)6-4-5-7-14/h8H,3-7,9H2,1-2H3,(H3,15,16,17,18,19,20). The highest BCUT2D eigenvalue weighted by Gasteiger charge is 2.28. The van der Waals surface area contributed by atoms with Crippen molar-refractivity contribution in [3.05, 3.63) is 6.20 Å². The van der Waals surface area contributed by atoms with Crippen molar-refractivity contribution in [3.8, 4) is 0 Å². The molecule has 1 saturated carbocycles. The number of fused-ring (bicyclic) bond motifs is 1. The summed E-state index contributed by atoms with van der Waals surface area (Å²) in [5, 5.41) is 14.6. The molecule has 0 bridgehead atoms. The van der Waals surface area contributed by atoms with Gasteiger partial charge in [0.15, 0.2) is 5.65 Å². The molecule has 0 radical (unpaired) electrons. The Labute approximate surface area is 118 Å². The first-order valence-corrected chi connectivity index (χ1v) is 7.39. The van der Waals surface area contributed by atoms with Crippen molar-refractivity contribution in [2.75, 3.05) is 23.7 Å². The van der Waals surface area contributed by atoms with Gasteiger partial charge in [-0.2, -0.15) is 15.1 Å². The zero-order valence-corrected chi connectivity index (χ0v) is 12.2. The summed E-state index contributed by atoms with van der Waals surface area (Å²) in [5.41, 5.74) is 1.16. The summed E-state index contributed by atoms with van der Waals surface area (Å²) in [4.78, 5) is 8.96. The summed E-state index contributed by atoms with van der Waals surface area (Å²) in [6.45, 7) is 6.14. The second kappa shape index (κ2) is 5.26. The summed E-state index contributed by atoms with van der Waals surface area (Å²) in [7, 11) is 0. The van der Waals surface area contributed by atoms with Gasteiger partial charge in [0.25, 0.3) is 0 Å². The van der Waals surface area contributed by atoms with Crippen LogP contribution in [0.5, 0.6) is 0 Å². The van der Waals surface area contributed by atoms with Crippen molar-refractivity contribution in [2.45, 2.75) is 39.5 Å². The molecule has 0 spiro atoms. The lowest BCUT2D eigenvalue weighted by atomic mass is 9.89. The van der Waals surface area contributed by atoms with Crippen LogP contribution in [0.4, 0.5) is 11.8 Å². The Hall–Kier alpha value is -1.85. The van der Waals surface area contributed by atoms with Crippen molar-refractivity contribution in [1.82, 2.24) is 20.2 Å². The monoisotopic (exact) mass is 274 g/mol. The van der Waals surface area contributed by atoms with E-state index in [4.69, 9.17) is 0 Å². The fourth-order valence-corrected chi connectivity index (χ4v) is 2.91. The first kappa shape index (κ1) is 13.1. The number of nitrogens with zero attached hydrogens (tertiary/aromatic N) is 3. The Kier molecular flexibility index (Phi) is 3.46. The lowest BCUT2D eigenvalue weighted by Crippen LogP contribution is -2.23. The minimum atomic E-state index is 0.388. The zero-order valence-electron chi connectivity index (χ0n) is 12.2. The van der Waals surface area contributed by atoms with Crippen molar-refractivity contribution in [2.24, 2.45) is 5.41 Å². The lowest BCUT2D eigenvalue weighted by molar-refractivity contribution is 0.362. The lowest BCUT2D eigenvalue weighted by Gasteiger charge is -2.24. The van der Waals surface area contributed by atoms with Gasteiger partial charge in [0.05, 0.1) is 11.6 Å². The van der Waals surface area contributed by atoms with Gasteiger partial charge in [0, 0.05) is 13.1 Å². The molecule has 3 rings (SSSR count). The first-order valence-electron chi connectivity index (χ1n) is 7.39. The first-order chi connectivity index (χ1) is 9.70. The number of H-pyrrole nitrogens is 1. The van der Waals surface area contributed by atoms with Gasteiger partial charge in [-0.05, 0) is 25.2 Å². The van der Waals surface area contributed by atoms with Gasteiger partial charge in [0.1, 0.15) is 5.82 Å². The normalized spacial score (nSPS) is 17.5. The quantitative estimate of drug-likeness (QED) is 0.781. The van der Waals surface area contributed by atoms with Crippen LogP contribution in [0.15, 0.2) is 6.20 Å². The van der Waals surface area contributed by atoms with Crippen LogP contribution in [-0.4, -0.2) is 33.3 Å². The number of hydrogen-bond acceptors (Lipinski definition) is 5. The predicted octanol–water partition coefficient (Wildman–Crippen LogP) is 2.78. The molecule has 108 valence electrons. The van der Waals surface area contributed by atoms with E-state index in [0.29, 0.717) is 11.4 Å². The van der Waals surface area contributed by atoms with Gasteiger partial charge in [-0.3, -0.25) is 5.10 Å². The maximum atomic E-state index is 4.56. The summed E-state index contributed by atoms with van der Waals surface area (Å²) in [5.74, 6) is 1.51. The van der Waals surface area contributed by atoms with E-state index in [0.717, 1.165) is 29.9 Å². The maximum Gasteiger partial charge on any atom is 0.226 e. The molecular formula is C14H22N6.